The van der Waals surface area contributed by atoms with Crippen LogP contribution in [0.25, 0.3) is 10.6 Å². The van der Waals surface area contributed by atoms with Crippen LogP contribution in [0.1, 0.15) is 30.3 Å². The minimum Gasteiger partial charge on any atom is -0.497 e. The number of ether oxygens (including phenoxy) is 2. The molecule has 132 valence electrons. The zero-order valence-electron chi connectivity index (χ0n) is 14.2. The van der Waals surface area contributed by atoms with Gasteiger partial charge in [0.2, 0.25) is 0 Å². The molecule has 1 aliphatic heterocycles. The largest absolute Gasteiger partial charge is 0.497 e. The van der Waals surface area contributed by atoms with Crippen LogP contribution in [0.4, 0.5) is 0 Å². The minimum absolute atomic E-state index is 0.142. The normalized spacial score (nSPS) is 15.0. The number of carbonyl (C=O) groups excluding carboxylic acids is 2. The fraction of sp³-hybridized carbons (Fsp3) is 0.389. The van der Waals surface area contributed by atoms with Crippen molar-refractivity contribution in [3.05, 3.63) is 35.3 Å². The van der Waals surface area contributed by atoms with Gasteiger partial charge in [-0.05, 0) is 44.0 Å². The summed E-state index contributed by atoms with van der Waals surface area (Å²) in [6.45, 7) is 3.08. The smallest absolute Gasteiger partial charge is 0.358 e. The van der Waals surface area contributed by atoms with Gasteiger partial charge >= 0.3 is 5.97 Å². The fourth-order valence-electron chi connectivity index (χ4n) is 2.70. The Morgan fingerprint density at radius 3 is 2.52 bits per heavy atom. The van der Waals surface area contributed by atoms with Crippen molar-refractivity contribution in [1.29, 1.82) is 0 Å². The fourth-order valence-corrected chi connectivity index (χ4v) is 3.50. The molecule has 2 aromatic rings. The van der Waals surface area contributed by atoms with Crippen LogP contribution >= 0.6 is 11.3 Å². The number of hydrogen-bond acceptors (Lipinski definition) is 6. The summed E-state index contributed by atoms with van der Waals surface area (Å²) >= 11 is 1.36. The molecule has 0 bridgehead atoms. The van der Waals surface area contributed by atoms with Crippen molar-refractivity contribution in [2.24, 2.45) is 0 Å². The Kier molecular flexibility index (Phi) is 5.33. The van der Waals surface area contributed by atoms with Gasteiger partial charge in [-0.2, -0.15) is 0 Å². The zero-order chi connectivity index (χ0) is 17.8. The highest BCUT2D eigenvalue weighted by Crippen LogP contribution is 2.26. The molecule has 25 heavy (non-hydrogen) atoms. The Balaban J connectivity index is 1.64. The van der Waals surface area contributed by atoms with Crippen LogP contribution in [0.2, 0.25) is 0 Å². The number of nitrogens with zero attached hydrogens (tertiary/aromatic N) is 2. The Morgan fingerprint density at radius 1 is 1.20 bits per heavy atom. The van der Waals surface area contributed by atoms with Gasteiger partial charge in [-0.25, -0.2) is 9.78 Å². The van der Waals surface area contributed by atoms with Gasteiger partial charge in [0.1, 0.15) is 10.8 Å². The number of esters is 1. The van der Waals surface area contributed by atoms with E-state index in [0.29, 0.717) is 5.01 Å². The summed E-state index contributed by atoms with van der Waals surface area (Å²) in [5.74, 6) is 0.0432. The Labute approximate surface area is 150 Å². The first-order valence-electron chi connectivity index (χ1n) is 8.18. The number of benzene rings is 1. The SMILES string of the molecule is COc1ccc(-c2nc(C(=O)O[C@@H](C)C(=O)N3CCCC3)cs2)cc1. The van der Waals surface area contributed by atoms with Crippen molar-refractivity contribution in [3.8, 4) is 16.3 Å². The minimum atomic E-state index is -0.795. The van der Waals surface area contributed by atoms with E-state index in [4.69, 9.17) is 9.47 Å². The van der Waals surface area contributed by atoms with E-state index in [1.165, 1.54) is 11.3 Å². The second kappa shape index (κ2) is 7.65. The van der Waals surface area contributed by atoms with E-state index in [-0.39, 0.29) is 11.6 Å². The summed E-state index contributed by atoms with van der Waals surface area (Å²) in [6.07, 6.45) is 1.21. The first-order valence-corrected chi connectivity index (χ1v) is 9.06. The third-order valence-corrected chi connectivity index (χ3v) is 4.99. The Hall–Kier alpha value is -2.41. The highest BCUT2D eigenvalue weighted by molar-refractivity contribution is 7.13. The van der Waals surface area contributed by atoms with E-state index in [1.807, 2.05) is 24.3 Å². The monoisotopic (exact) mass is 360 g/mol. The number of thiazole rings is 1. The average Bonchev–Trinajstić information content (AvgIpc) is 3.33. The number of amides is 1. The predicted molar refractivity (Wildman–Crippen MR) is 94.8 cm³/mol. The van der Waals surface area contributed by atoms with Crippen LogP contribution in [-0.2, 0) is 9.53 Å². The standard InChI is InChI=1S/C18H20N2O4S/c1-12(17(21)20-9-3-4-10-20)24-18(22)15-11-25-16(19-15)13-5-7-14(23-2)8-6-13/h5-8,11-12H,3-4,9-10H2,1-2H3/t12-/m0/s1. The Morgan fingerprint density at radius 2 is 1.88 bits per heavy atom. The van der Waals surface area contributed by atoms with E-state index in [1.54, 1.807) is 24.3 Å². The molecule has 1 aromatic heterocycles. The van der Waals surface area contributed by atoms with Gasteiger partial charge in [0, 0.05) is 24.0 Å². The van der Waals surface area contributed by atoms with Crippen LogP contribution in [-0.4, -0.2) is 48.1 Å². The molecule has 0 saturated carbocycles. The lowest BCUT2D eigenvalue weighted by atomic mass is 10.2. The van der Waals surface area contributed by atoms with Crippen LogP contribution in [0, 0.1) is 0 Å². The van der Waals surface area contributed by atoms with Gasteiger partial charge in [0.05, 0.1) is 7.11 Å². The lowest BCUT2D eigenvalue weighted by Crippen LogP contribution is -2.38. The number of aromatic nitrogens is 1. The summed E-state index contributed by atoms with van der Waals surface area (Å²) < 4.78 is 10.4. The predicted octanol–water partition coefficient (Wildman–Crippen LogP) is 2.99. The highest BCUT2D eigenvalue weighted by atomic mass is 32.1. The van der Waals surface area contributed by atoms with Gasteiger partial charge in [-0.3, -0.25) is 4.79 Å². The molecule has 1 atom stereocenters. The number of likely N-dealkylation sites (tertiary alicyclic amines) is 1. The van der Waals surface area contributed by atoms with Crippen molar-refractivity contribution in [2.75, 3.05) is 20.2 Å². The van der Waals surface area contributed by atoms with Crippen molar-refractivity contribution in [2.45, 2.75) is 25.9 Å². The van der Waals surface area contributed by atoms with Gasteiger partial charge in [0.25, 0.3) is 5.91 Å². The third kappa shape index (κ3) is 3.99. The molecular weight excluding hydrogens is 340 g/mol. The van der Waals surface area contributed by atoms with E-state index < -0.39 is 12.1 Å². The number of methoxy groups -OCH3 is 1. The first kappa shape index (κ1) is 17.4. The van der Waals surface area contributed by atoms with Crippen LogP contribution in [0.5, 0.6) is 5.75 Å². The summed E-state index contributed by atoms with van der Waals surface area (Å²) in [5, 5.41) is 2.36. The van der Waals surface area contributed by atoms with Crippen molar-refractivity contribution < 1.29 is 19.1 Å². The van der Waals surface area contributed by atoms with Crippen LogP contribution in [0.15, 0.2) is 29.6 Å². The van der Waals surface area contributed by atoms with Crippen LogP contribution in [0.3, 0.4) is 0 Å². The van der Waals surface area contributed by atoms with E-state index in [9.17, 15) is 9.59 Å². The Bertz CT molecular complexity index is 751. The van der Waals surface area contributed by atoms with E-state index in [0.717, 1.165) is 37.2 Å². The molecule has 7 heteroatoms. The molecule has 6 nitrogen and oxygen atoms in total. The molecular formula is C18H20N2O4S. The lowest BCUT2D eigenvalue weighted by Gasteiger charge is -2.19. The lowest BCUT2D eigenvalue weighted by molar-refractivity contribution is -0.138. The molecule has 0 N–H and O–H groups in total. The highest BCUT2D eigenvalue weighted by Gasteiger charge is 2.27. The molecule has 2 heterocycles. The maximum atomic E-state index is 12.3. The second-order valence-electron chi connectivity index (χ2n) is 5.85. The number of rotatable bonds is 5. The molecule has 1 aliphatic rings. The maximum absolute atomic E-state index is 12.3. The molecule has 1 amide bonds. The van der Waals surface area contributed by atoms with E-state index >= 15 is 0 Å². The third-order valence-electron chi connectivity index (χ3n) is 4.10. The summed E-state index contributed by atoms with van der Waals surface area (Å²) in [4.78, 5) is 30.5. The van der Waals surface area contributed by atoms with E-state index in [2.05, 4.69) is 4.98 Å². The molecule has 0 spiro atoms. The molecule has 0 radical (unpaired) electrons. The molecule has 0 aliphatic carbocycles. The number of carbonyl (C=O) groups is 2. The van der Waals surface area contributed by atoms with Gasteiger partial charge in [-0.15, -0.1) is 11.3 Å². The zero-order valence-corrected chi connectivity index (χ0v) is 15.0. The average molecular weight is 360 g/mol. The summed E-state index contributed by atoms with van der Waals surface area (Å²) in [6, 6.07) is 7.44. The molecule has 1 aromatic carbocycles. The van der Waals surface area contributed by atoms with Gasteiger partial charge < -0.3 is 14.4 Å². The molecule has 3 rings (SSSR count). The topological polar surface area (TPSA) is 68.7 Å². The first-order chi connectivity index (χ1) is 12.1. The van der Waals surface area contributed by atoms with Gasteiger partial charge in [-0.1, -0.05) is 0 Å². The van der Waals surface area contributed by atoms with Crippen LogP contribution < -0.4 is 4.74 Å². The summed E-state index contributed by atoms with van der Waals surface area (Å²) in [5.41, 5.74) is 1.11. The molecule has 1 fully saturated rings. The summed E-state index contributed by atoms with van der Waals surface area (Å²) in [7, 11) is 1.61. The quantitative estimate of drug-likeness (QED) is 0.767. The number of hydrogen-bond donors (Lipinski definition) is 0. The van der Waals surface area contributed by atoms with Crippen molar-refractivity contribution in [1.82, 2.24) is 9.88 Å². The molecule has 1 saturated heterocycles. The van der Waals surface area contributed by atoms with Gasteiger partial charge in [0.15, 0.2) is 11.8 Å². The van der Waals surface area contributed by atoms with Crippen molar-refractivity contribution in [3.63, 3.8) is 0 Å². The van der Waals surface area contributed by atoms with Crippen molar-refractivity contribution >= 4 is 23.2 Å². The maximum Gasteiger partial charge on any atom is 0.358 e. The second-order valence-corrected chi connectivity index (χ2v) is 6.70. The molecule has 0 unspecified atom stereocenters.